The summed E-state index contributed by atoms with van der Waals surface area (Å²) in [4.78, 5) is 6.48. The molecule has 6 nitrogen and oxygen atoms in total. The van der Waals surface area contributed by atoms with Crippen molar-refractivity contribution in [1.82, 2.24) is 14.9 Å². The van der Waals surface area contributed by atoms with Gasteiger partial charge in [-0.25, -0.2) is 0 Å². The summed E-state index contributed by atoms with van der Waals surface area (Å²) in [6, 6.07) is 19.4. The first-order chi connectivity index (χ1) is 16.4. The Balaban J connectivity index is 1.72. The first-order valence-electron chi connectivity index (χ1n) is 10.8. The predicted molar refractivity (Wildman–Crippen MR) is 138 cm³/mol. The maximum atomic E-state index is 10.7. The summed E-state index contributed by atoms with van der Waals surface area (Å²) in [7, 11) is 0. The zero-order valence-corrected chi connectivity index (χ0v) is 20.2. The van der Waals surface area contributed by atoms with E-state index in [1.165, 1.54) is 0 Å². The Bertz CT molecular complexity index is 1390. The van der Waals surface area contributed by atoms with Gasteiger partial charge in [-0.1, -0.05) is 29.8 Å². The molecule has 3 N–H and O–H groups in total. The molecule has 1 aliphatic heterocycles. The van der Waals surface area contributed by atoms with Crippen molar-refractivity contribution in [2.45, 2.75) is 25.9 Å². The zero-order valence-electron chi connectivity index (χ0n) is 18.6. The summed E-state index contributed by atoms with van der Waals surface area (Å²) in [5.41, 5.74) is 4.93. The van der Waals surface area contributed by atoms with Gasteiger partial charge in [0.15, 0.2) is 5.11 Å². The Labute approximate surface area is 208 Å². The number of benzene rings is 2. The van der Waals surface area contributed by atoms with Gasteiger partial charge in [0, 0.05) is 22.6 Å². The fourth-order valence-electron chi connectivity index (χ4n) is 4.73. The maximum absolute atomic E-state index is 10.7. The lowest BCUT2D eigenvalue weighted by Crippen LogP contribution is -2.29. The molecule has 3 heterocycles. The van der Waals surface area contributed by atoms with Crippen LogP contribution >= 0.6 is 23.8 Å². The molecular weight excluding hydrogens is 468 g/mol. The number of pyridine rings is 1. The lowest BCUT2D eigenvalue weighted by atomic mass is 9.96. The molecule has 8 heteroatoms. The average Bonchev–Trinajstić information content (AvgIpc) is 3.32. The summed E-state index contributed by atoms with van der Waals surface area (Å²) in [5, 5.41) is 25.6. The Morgan fingerprint density at radius 2 is 1.68 bits per heavy atom. The van der Waals surface area contributed by atoms with Crippen molar-refractivity contribution in [3.05, 3.63) is 101 Å². The van der Waals surface area contributed by atoms with Crippen LogP contribution in [0.4, 0.5) is 5.69 Å². The molecule has 0 amide bonds. The summed E-state index contributed by atoms with van der Waals surface area (Å²) in [6.07, 6.45) is 1.75. The number of aromatic nitrogens is 2. The molecule has 4 aromatic rings. The molecule has 5 rings (SSSR count). The molecule has 0 bridgehead atoms. The van der Waals surface area contributed by atoms with Gasteiger partial charge in [0.05, 0.1) is 29.2 Å². The minimum absolute atomic E-state index is 0.0785. The molecule has 34 heavy (non-hydrogen) atoms. The van der Waals surface area contributed by atoms with E-state index in [9.17, 15) is 10.2 Å². The van der Waals surface area contributed by atoms with Crippen molar-refractivity contribution in [2.24, 2.45) is 0 Å². The van der Waals surface area contributed by atoms with Crippen molar-refractivity contribution in [3.63, 3.8) is 0 Å². The second-order valence-corrected chi connectivity index (χ2v) is 9.10. The first kappa shape index (κ1) is 22.3. The smallest absolute Gasteiger partial charge is 0.174 e. The van der Waals surface area contributed by atoms with Crippen molar-refractivity contribution in [3.8, 4) is 17.2 Å². The second kappa shape index (κ2) is 8.66. The van der Waals surface area contributed by atoms with Gasteiger partial charge in [-0.05, 0) is 80.2 Å². The molecule has 0 radical (unpaired) electrons. The van der Waals surface area contributed by atoms with Crippen LogP contribution < -0.4 is 10.2 Å². The Morgan fingerprint density at radius 1 is 0.941 bits per heavy atom. The van der Waals surface area contributed by atoms with Crippen LogP contribution in [-0.4, -0.2) is 24.9 Å². The van der Waals surface area contributed by atoms with E-state index in [4.69, 9.17) is 23.8 Å². The van der Waals surface area contributed by atoms with Crippen molar-refractivity contribution in [2.75, 3.05) is 4.90 Å². The quantitative estimate of drug-likeness (QED) is 0.317. The van der Waals surface area contributed by atoms with Gasteiger partial charge in [0.2, 0.25) is 0 Å². The number of aryl methyl sites for hydroxylation is 1. The van der Waals surface area contributed by atoms with Gasteiger partial charge in [-0.3, -0.25) is 4.98 Å². The van der Waals surface area contributed by atoms with Crippen LogP contribution in [0.5, 0.6) is 11.5 Å². The number of para-hydroxylation sites is 2. The Hall–Kier alpha value is -3.55. The van der Waals surface area contributed by atoms with E-state index in [0.29, 0.717) is 21.5 Å². The molecule has 172 valence electrons. The van der Waals surface area contributed by atoms with E-state index in [0.717, 1.165) is 22.6 Å². The number of nitrogens with zero attached hydrogens (tertiary/aromatic N) is 3. The van der Waals surface area contributed by atoms with E-state index < -0.39 is 0 Å². The van der Waals surface area contributed by atoms with Gasteiger partial charge in [-0.2, -0.15) is 0 Å². The third kappa shape index (κ3) is 3.67. The molecule has 0 aliphatic carbocycles. The summed E-state index contributed by atoms with van der Waals surface area (Å²) >= 11 is 12.1. The number of thiocarbonyl (C=S) groups is 1. The lowest BCUT2D eigenvalue weighted by molar-refractivity contribution is 0.471. The van der Waals surface area contributed by atoms with E-state index in [-0.39, 0.29) is 23.6 Å². The van der Waals surface area contributed by atoms with Gasteiger partial charge in [0.1, 0.15) is 11.5 Å². The van der Waals surface area contributed by atoms with Crippen LogP contribution in [0.3, 0.4) is 0 Å². The Morgan fingerprint density at radius 3 is 2.41 bits per heavy atom. The van der Waals surface area contributed by atoms with E-state index >= 15 is 0 Å². The maximum Gasteiger partial charge on any atom is 0.174 e. The molecule has 2 aromatic carbocycles. The number of phenols is 2. The highest BCUT2D eigenvalue weighted by Gasteiger charge is 2.43. The molecule has 0 spiro atoms. The number of aromatic hydroxyl groups is 2. The second-order valence-electron chi connectivity index (χ2n) is 8.28. The number of anilines is 1. The first-order valence-corrected chi connectivity index (χ1v) is 11.6. The molecule has 1 fully saturated rings. The largest absolute Gasteiger partial charge is 0.506 e. The lowest BCUT2D eigenvalue weighted by Gasteiger charge is -2.28. The third-order valence-electron chi connectivity index (χ3n) is 6.21. The number of hydrogen-bond donors (Lipinski definition) is 3. The molecule has 1 saturated heterocycles. The van der Waals surface area contributed by atoms with Crippen LogP contribution in [0, 0.1) is 13.8 Å². The highest BCUT2D eigenvalue weighted by molar-refractivity contribution is 7.80. The van der Waals surface area contributed by atoms with Crippen LogP contribution in [0.25, 0.3) is 5.69 Å². The molecule has 0 unspecified atom stereocenters. The molecule has 0 saturated carbocycles. The summed E-state index contributed by atoms with van der Waals surface area (Å²) in [5.74, 6) is 0.274. The number of nitrogens with one attached hydrogen (secondary N) is 1. The normalized spacial score (nSPS) is 17.7. The topological polar surface area (TPSA) is 73.5 Å². The highest BCUT2D eigenvalue weighted by Crippen LogP contribution is 2.46. The summed E-state index contributed by atoms with van der Waals surface area (Å²) in [6.45, 7) is 4.02. The van der Waals surface area contributed by atoms with Crippen LogP contribution in [-0.2, 0) is 0 Å². The number of rotatable bonds is 4. The van der Waals surface area contributed by atoms with Gasteiger partial charge >= 0.3 is 0 Å². The fourth-order valence-corrected chi connectivity index (χ4v) is 5.24. The zero-order chi connectivity index (χ0) is 24.0. The minimum Gasteiger partial charge on any atom is -0.506 e. The summed E-state index contributed by atoms with van der Waals surface area (Å²) < 4.78 is 2.03. The number of halogens is 1. The van der Waals surface area contributed by atoms with Crippen molar-refractivity contribution >= 4 is 34.6 Å². The fraction of sp³-hybridized carbons (Fsp3) is 0.154. The highest BCUT2D eigenvalue weighted by atomic mass is 35.5. The molecular formula is C26H23ClN4O2S. The van der Waals surface area contributed by atoms with Crippen LogP contribution in [0.1, 0.15) is 34.7 Å². The monoisotopic (exact) mass is 490 g/mol. The van der Waals surface area contributed by atoms with Gasteiger partial charge in [-0.15, -0.1) is 0 Å². The average molecular weight is 491 g/mol. The van der Waals surface area contributed by atoms with Crippen LogP contribution in [0.2, 0.25) is 5.02 Å². The standard InChI is InChI=1S/C26H23ClN4O2S/c1-15-13-18(16(2)30(15)20-8-3-4-9-22(20)32)25-24(19-7-5-6-12-28-19)29-26(34)31(25)21-14-17(27)10-11-23(21)33/h3-14,24-25,32-33H,1-2H3,(H,29,34)/t24-,25+/m1/s1. The predicted octanol–water partition coefficient (Wildman–Crippen LogP) is 5.73. The van der Waals surface area contributed by atoms with Crippen molar-refractivity contribution < 1.29 is 10.2 Å². The Kier molecular flexibility index (Phi) is 5.67. The minimum atomic E-state index is -0.322. The van der Waals surface area contributed by atoms with E-state index in [1.807, 2.05) is 53.6 Å². The molecule has 1 aliphatic rings. The van der Waals surface area contributed by atoms with Gasteiger partial charge < -0.3 is 25.0 Å². The number of phenolic OH excluding ortho intramolecular Hbond substituents is 2. The van der Waals surface area contributed by atoms with Gasteiger partial charge in [0.25, 0.3) is 0 Å². The van der Waals surface area contributed by atoms with E-state index in [1.54, 1.807) is 36.5 Å². The third-order valence-corrected chi connectivity index (χ3v) is 6.76. The number of hydrogen-bond acceptors (Lipinski definition) is 4. The van der Waals surface area contributed by atoms with Crippen molar-refractivity contribution in [1.29, 1.82) is 0 Å². The van der Waals surface area contributed by atoms with E-state index in [2.05, 4.69) is 16.4 Å². The molecule has 2 atom stereocenters. The van der Waals surface area contributed by atoms with Crippen LogP contribution in [0.15, 0.2) is 72.9 Å². The molecule has 2 aromatic heterocycles. The SMILES string of the molecule is Cc1cc([C@H]2[C@@H](c3ccccn3)NC(=S)N2c2cc(Cl)ccc2O)c(C)n1-c1ccccc1O.